The van der Waals surface area contributed by atoms with Crippen LogP contribution in [0.2, 0.25) is 0 Å². The summed E-state index contributed by atoms with van der Waals surface area (Å²) in [7, 11) is 1.25. The van der Waals surface area contributed by atoms with E-state index in [1.165, 1.54) is 24.3 Å². The summed E-state index contributed by atoms with van der Waals surface area (Å²) in [5.74, 6) is -2.63. The fourth-order valence-electron chi connectivity index (χ4n) is 3.23. The molecule has 37 heavy (non-hydrogen) atoms. The van der Waals surface area contributed by atoms with Crippen molar-refractivity contribution in [2.75, 3.05) is 31.9 Å². The number of nitrogens with one attached hydrogen (secondary N) is 1. The van der Waals surface area contributed by atoms with Gasteiger partial charge in [-0.2, -0.15) is 0 Å². The predicted molar refractivity (Wildman–Crippen MR) is 133 cm³/mol. The van der Waals surface area contributed by atoms with Crippen molar-refractivity contribution in [2.45, 2.75) is 32.2 Å². The van der Waals surface area contributed by atoms with Gasteiger partial charge >= 0.3 is 11.9 Å². The molecule has 3 N–H and O–H groups in total. The average molecular weight is 553 g/mol. The summed E-state index contributed by atoms with van der Waals surface area (Å²) < 4.78 is 10.1. The number of ether oxygens (including phenoxy) is 2. The number of nitrogens with zero attached hydrogens (tertiary/aromatic N) is 6. The van der Waals surface area contributed by atoms with E-state index in [0.29, 0.717) is 5.57 Å². The molecule has 0 saturated carbocycles. The first-order valence-electron chi connectivity index (χ1n) is 10.6. The standard InChI is InChI=1S/C20H24N8O7S2/c1-20(2,3)18(32)35-8-34-17(31)13-9(5-23-27-22)6-36-16-12(15(30)28(13)16)25-14(29)11(26-33-4)10-7-37-19(21)24-10/h7,12,16H,5-6,8H2,1-4H3,(H2,21,24)(H,25,29)/b26-11-/t12-,16-/m1/s1. The summed E-state index contributed by atoms with van der Waals surface area (Å²) >= 11 is 2.36. The number of rotatable bonds is 9. The zero-order valence-corrected chi connectivity index (χ0v) is 21.9. The Morgan fingerprint density at radius 2 is 2.08 bits per heavy atom. The fourth-order valence-corrected chi connectivity index (χ4v) is 5.12. The zero-order valence-electron chi connectivity index (χ0n) is 20.3. The van der Waals surface area contributed by atoms with Gasteiger partial charge in [-0.15, -0.1) is 23.1 Å². The number of aromatic nitrogens is 1. The van der Waals surface area contributed by atoms with Crippen molar-refractivity contribution in [1.29, 1.82) is 0 Å². The molecule has 198 valence electrons. The third kappa shape index (κ3) is 6.12. The van der Waals surface area contributed by atoms with Crippen molar-refractivity contribution in [3.8, 4) is 0 Å². The molecule has 1 aromatic heterocycles. The van der Waals surface area contributed by atoms with Crippen molar-refractivity contribution in [3.05, 3.63) is 32.8 Å². The molecule has 1 fully saturated rings. The quantitative estimate of drug-likeness (QED) is 0.0651. The molecule has 2 atom stereocenters. The van der Waals surface area contributed by atoms with E-state index in [1.807, 2.05) is 0 Å². The van der Waals surface area contributed by atoms with Crippen LogP contribution >= 0.6 is 23.1 Å². The normalized spacial score (nSPS) is 19.3. The van der Waals surface area contributed by atoms with Gasteiger partial charge in [-0.3, -0.25) is 19.3 Å². The highest BCUT2D eigenvalue weighted by molar-refractivity contribution is 8.00. The average Bonchev–Trinajstić information content (AvgIpc) is 3.28. The van der Waals surface area contributed by atoms with E-state index in [4.69, 9.17) is 25.6 Å². The number of hydrogen-bond acceptors (Lipinski definition) is 13. The Morgan fingerprint density at radius 1 is 1.35 bits per heavy atom. The molecule has 0 bridgehead atoms. The van der Waals surface area contributed by atoms with Crippen LogP contribution in [0, 0.1) is 5.41 Å². The van der Waals surface area contributed by atoms with Crippen LogP contribution in [-0.4, -0.2) is 77.0 Å². The first-order chi connectivity index (χ1) is 17.5. The smallest absolute Gasteiger partial charge is 0.357 e. The highest BCUT2D eigenvalue weighted by atomic mass is 32.2. The molecule has 17 heteroatoms. The largest absolute Gasteiger partial charge is 0.427 e. The number of oxime groups is 1. The maximum absolute atomic E-state index is 13.1. The summed E-state index contributed by atoms with van der Waals surface area (Å²) in [6, 6.07) is -1.00. The van der Waals surface area contributed by atoms with Crippen molar-refractivity contribution < 1.29 is 33.5 Å². The summed E-state index contributed by atoms with van der Waals surface area (Å²) in [6.45, 7) is 4.07. The summed E-state index contributed by atoms with van der Waals surface area (Å²) in [6.07, 6.45) is 0. The monoisotopic (exact) mass is 552 g/mol. The Balaban J connectivity index is 1.76. The Kier molecular flexibility index (Phi) is 8.62. The molecule has 0 spiro atoms. The third-order valence-electron chi connectivity index (χ3n) is 5.01. The summed E-state index contributed by atoms with van der Waals surface area (Å²) in [4.78, 5) is 63.4. The second-order valence-electron chi connectivity index (χ2n) is 8.63. The van der Waals surface area contributed by atoms with Gasteiger partial charge < -0.3 is 25.4 Å². The van der Waals surface area contributed by atoms with Crippen molar-refractivity contribution >= 4 is 57.7 Å². The van der Waals surface area contributed by atoms with Crippen molar-refractivity contribution in [1.82, 2.24) is 15.2 Å². The van der Waals surface area contributed by atoms with Crippen LogP contribution < -0.4 is 11.1 Å². The van der Waals surface area contributed by atoms with Crippen LogP contribution in [0.3, 0.4) is 0 Å². The SMILES string of the molecule is CO/N=C(\C(=O)N[C@@H]1C(=O)N2C(C(=O)OCOC(=O)C(C)(C)C)=C(CN=[N+]=[N-])CS[C@H]12)c1csc(N)n1. The van der Waals surface area contributed by atoms with E-state index in [0.717, 1.165) is 16.2 Å². The Labute approximate surface area is 219 Å². The van der Waals surface area contributed by atoms with Crippen molar-refractivity contribution in [2.24, 2.45) is 15.7 Å². The molecule has 2 aliphatic heterocycles. The number of anilines is 1. The third-order valence-corrected chi connectivity index (χ3v) is 7.02. The molecule has 1 saturated heterocycles. The van der Waals surface area contributed by atoms with Gasteiger partial charge in [0, 0.05) is 16.0 Å². The van der Waals surface area contributed by atoms with Gasteiger partial charge in [-0.25, -0.2) is 9.78 Å². The molecule has 1 aromatic rings. The van der Waals surface area contributed by atoms with Crippen LogP contribution in [0.25, 0.3) is 10.4 Å². The zero-order chi connectivity index (χ0) is 27.3. The van der Waals surface area contributed by atoms with Crippen LogP contribution in [0.15, 0.2) is 26.9 Å². The Hall–Kier alpha value is -3.82. The molecule has 0 aliphatic carbocycles. The minimum atomic E-state index is -1.00. The molecular weight excluding hydrogens is 528 g/mol. The number of azide groups is 1. The number of amides is 2. The van der Waals surface area contributed by atoms with Gasteiger partial charge in [0.05, 0.1) is 12.0 Å². The topological polar surface area (TPSA) is 211 Å². The van der Waals surface area contributed by atoms with Gasteiger partial charge in [0.1, 0.15) is 29.9 Å². The van der Waals surface area contributed by atoms with Crippen LogP contribution in [0.1, 0.15) is 26.5 Å². The van der Waals surface area contributed by atoms with E-state index < -0.39 is 47.4 Å². The lowest BCUT2D eigenvalue weighted by atomic mass is 9.98. The number of esters is 2. The van der Waals surface area contributed by atoms with Crippen LogP contribution in [0.5, 0.6) is 0 Å². The lowest BCUT2D eigenvalue weighted by Crippen LogP contribution is -2.71. The number of carbonyl (C=O) groups excluding carboxylic acids is 4. The number of β-lactam (4-membered cyclic amide) rings is 1. The minimum Gasteiger partial charge on any atom is -0.427 e. The number of thiazole rings is 1. The lowest BCUT2D eigenvalue weighted by Gasteiger charge is -2.49. The Bertz CT molecular complexity index is 1220. The number of nitrogen functional groups attached to an aromatic ring is 1. The second kappa shape index (κ2) is 11.5. The van der Waals surface area contributed by atoms with E-state index in [2.05, 4.69) is 25.5 Å². The highest BCUT2D eigenvalue weighted by Crippen LogP contribution is 2.40. The molecule has 15 nitrogen and oxygen atoms in total. The molecule has 3 rings (SSSR count). The summed E-state index contributed by atoms with van der Waals surface area (Å²) in [5.41, 5.74) is 13.8. The molecule has 0 radical (unpaired) electrons. The molecule has 2 aliphatic rings. The van der Waals surface area contributed by atoms with Crippen LogP contribution in [0.4, 0.5) is 5.13 Å². The molecule has 3 heterocycles. The maximum Gasteiger partial charge on any atom is 0.357 e. The number of fused-ring (bicyclic) bond motifs is 1. The van der Waals surface area contributed by atoms with Crippen molar-refractivity contribution in [3.63, 3.8) is 0 Å². The lowest BCUT2D eigenvalue weighted by molar-refractivity contribution is -0.173. The molecular formula is C20H24N8O7S2. The van der Waals surface area contributed by atoms with Gasteiger partial charge in [0.25, 0.3) is 11.8 Å². The number of hydrogen-bond donors (Lipinski definition) is 2. The van der Waals surface area contributed by atoms with Gasteiger partial charge in [-0.05, 0) is 31.9 Å². The van der Waals surface area contributed by atoms with E-state index in [1.54, 1.807) is 20.8 Å². The van der Waals surface area contributed by atoms with Gasteiger partial charge in [0.2, 0.25) is 6.79 Å². The highest BCUT2D eigenvalue weighted by Gasteiger charge is 2.54. The fraction of sp³-hybridized carbons (Fsp3) is 0.500. The number of carbonyl (C=O) groups is 4. The van der Waals surface area contributed by atoms with E-state index in [9.17, 15) is 19.2 Å². The predicted octanol–water partition coefficient (Wildman–Crippen LogP) is 1.13. The molecule has 0 aromatic carbocycles. The number of nitrogens with two attached hydrogens (primary N) is 1. The Morgan fingerprint density at radius 3 is 2.68 bits per heavy atom. The van der Waals surface area contributed by atoms with Crippen LogP contribution in [-0.2, 0) is 33.5 Å². The van der Waals surface area contributed by atoms with E-state index in [-0.39, 0.29) is 34.5 Å². The first kappa shape index (κ1) is 27.8. The summed E-state index contributed by atoms with van der Waals surface area (Å²) in [5, 5.41) is 10.8. The second-order valence-corrected chi connectivity index (χ2v) is 10.6. The molecule has 2 amide bonds. The minimum absolute atomic E-state index is 0.128. The molecule has 0 unspecified atom stereocenters. The van der Waals surface area contributed by atoms with Gasteiger partial charge in [-0.1, -0.05) is 10.3 Å². The van der Waals surface area contributed by atoms with Gasteiger partial charge in [0.15, 0.2) is 10.8 Å². The first-order valence-corrected chi connectivity index (χ1v) is 12.6. The number of thioether (sulfide) groups is 1. The van der Waals surface area contributed by atoms with E-state index >= 15 is 0 Å². The maximum atomic E-state index is 13.1.